The normalized spacial score (nSPS) is 11.7. The van der Waals surface area contributed by atoms with Crippen molar-refractivity contribution in [2.45, 2.75) is 19.4 Å². The molecule has 6 aromatic rings. The van der Waals surface area contributed by atoms with E-state index >= 15 is 4.39 Å². The monoisotopic (exact) mass is 600 g/mol. The van der Waals surface area contributed by atoms with Gasteiger partial charge in [0.15, 0.2) is 11.5 Å². The lowest BCUT2D eigenvalue weighted by atomic mass is 9.98. The minimum Gasteiger partial charge on any atom is -0.469 e. The largest absolute Gasteiger partial charge is 0.469 e. The standard InChI is InChI=1S/C35H29FN6O3/c1-21(35(44)45-2)25-10-6-11-26(30(25)36)34(43)39-20-22-13-15-24(16-14-22)42-32(27-12-7-19-38-31(27)37)41-29-18-17-28(40-33(29)42)23-8-4-3-5-9-23/h3-19,21H,20H2,1-2H3,(H2,37,38)(H,39,43). The number of hydrogen-bond donors (Lipinski definition) is 2. The second kappa shape index (κ2) is 12.4. The quantitative estimate of drug-likeness (QED) is 0.203. The summed E-state index contributed by atoms with van der Waals surface area (Å²) < 4.78 is 21.8. The number of halogens is 1. The number of methoxy groups -OCH3 is 1. The first-order valence-corrected chi connectivity index (χ1v) is 14.2. The van der Waals surface area contributed by atoms with Gasteiger partial charge in [0.1, 0.15) is 17.2 Å². The number of anilines is 1. The van der Waals surface area contributed by atoms with Gasteiger partial charge in [-0.25, -0.2) is 19.3 Å². The van der Waals surface area contributed by atoms with Crippen molar-refractivity contribution in [2.75, 3.05) is 12.8 Å². The molecule has 0 fully saturated rings. The van der Waals surface area contributed by atoms with Gasteiger partial charge in [-0.2, -0.15) is 0 Å². The molecular formula is C35H29FN6O3. The van der Waals surface area contributed by atoms with E-state index in [9.17, 15) is 9.59 Å². The number of benzene rings is 3. The van der Waals surface area contributed by atoms with E-state index in [0.29, 0.717) is 28.4 Å². The Morgan fingerprint density at radius 1 is 0.933 bits per heavy atom. The highest BCUT2D eigenvalue weighted by molar-refractivity contribution is 5.95. The van der Waals surface area contributed by atoms with Crippen LogP contribution in [0.25, 0.3) is 39.5 Å². The molecule has 3 aromatic carbocycles. The van der Waals surface area contributed by atoms with Gasteiger partial charge in [0, 0.05) is 29.6 Å². The van der Waals surface area contributed by atoms with E-state index in [2.05, 4.69) is 10.3 Å². The molecule has 3 heterocycles. The third-order valence-corrected chi connectivity index (χ3v) is 7.60. The number of nitrogens with zero attached hydrogens (tertiary/aromatic N) is 4. The maximum absolute atomic E-state index is 15.2. The molecule has 1 amide bonds. The molecule has 0 aliphatic rings. The topological polar surface area (TPSA) is 125 Å². The number of carbonyl (C=O) groups is 2. The first-order chi connectivity index (χ1) is 21.9. The van der Waals surface area contributed by atoms with Crippen molar-refractivity contribution >= 4 is 28.9 Å². The Morgan fingerprint density at radius 3 is 2.44 bits per heavy atom. The average molecular weight is 601 g/mol. The SMILES string of the molecule is COC(=O)C(C)c1cccc(C(=O)NCc2ccc(-n3c(-c4cccnc4N)nc4ccc(-c5ccccc5)nc43)cc2)c1F. The predicted molar refractivity (Wildman–Crippen MR) is 170 cm³/mol. The van der Waals surface area contributed by atoms with E-state index in [1.807, 2.05) is 77.4 Å². The average Bonchev–Trinajstić information content (AvgIpc) is 3.46. The molecular weight excluding hydrogens is 571 g/mol. The Morgan fingerprint density at radius 2 is 1.71 bits per heavy atom. The molecule has 10 heteroatoms. The van der Waals surface area contributed by atoms with Crippen molar-refractivity contribution in [3.63, 3.8) is 0 Å². The van der Waals surface area contributed by atoms with Crippen molar-refractivity contribution in [1.82, 2.24) is 24.8 Å². The molecule has 0 radical (unpaired) electrons. The fourth-order valence-electron chi connectivity index (χ4n) is 5.16. The van der Waals surface area contributed by atoms with E-state index in [1.165, 1.54) is 26.2 Å². The van der Waals surface area contributed by atoms with Gasteiger partial charge < -0.3 is 15.8 Å². The second-order valence-electron chi connectivity index (χ2n) is 10.4. The first kappa shape index (κ1) is 29.2. The number of aromatic nitrogens is 4. The molecule has 0 aliphatic carbocycles. The summed E-state index contributed by atoms with van der Waals surface area (Å²) in [4.78, 5) is 39.0. The van der Waals surface area contributed by atoms with Crippen LogP contribution in [-0.4, -0.2) is 38.5 Å². The molecule has 45 heavy (non-hydrogen) atoms. The molecule has 0 saturated heterocycles. The van der Waals surface area contributed by atoms with Crippen LogP contribution in [0, 0.1) is 5.82 Å². The Kier molecular flexibility index (Phi) is 8.03. The predicted octanol–water partition coefficient (Wildman–Crippen LogP) is 6.08. The summed E-state index contributed by atoms with van der Waals surface area (Å²) in [6.07, 6.45) is 1.63. The number of nitrogens with one attached hydrogen (secondary N) is 1. The molecule has 6 rings (SSSR count). The van der Waals surface area contributed by atoms with E-state index in [-0.39, 0.29) is 17.7 Å². The molecule has 0 bridgehead atoms. The van der Waals surface area contributed by atoms with Gasteiger partial charge in [-0.1, -0.05) is 54.6 Å². The highest BCUT2D eigenvalue weighted by Gasteiger charge is 2.23. The highest BCUT2D eigenvalue weighted by Crippen LogP contribution is 2.32. The van der Waals surface area contributed by atoms with Crippen LogP contribution in [0.3, 0.4) is 0 Å². The van der Waals surface area contributed by atoms with Crippen LogP contribution >= 0.6 is 0 Å². The van der Waals surface area contributed by atoms with Gasteiger partial charge >= 0.3 is 5.97 Å². The minimum absolute atomic E-state index is 0.0977. The summed E-state index contributed by atoms with van der Waals surface area (Å²) in [7, 11) is 1.24. The van der Waals surface area contributed by atoms with Gasteiger partial charge in [-0.15, -0.1) is 0 Å². The Balaban J connectivity index is 1.31. The van der Waals surface area contributed by atoms with E-state index in [1.54, 1.807) is 18.3 Å². The van der Waals surface area contributed by atoms with E-state index in [0.717, 1.165) is 22.5 Å². The zero-order chi connectivity index (χ0) is 31.5. The number of nitrogen functional groups attached to an aromatic ring is 1. The number of ether oxygens (including phenoxy) is 1. The molecule has 0 saturated carbocycles. The van der Waals surface area contributed by atoms with Crippen LogP contribution in [0.5, 0.6) is 0 Å². The van der Waals surface area contributed by atoms with Crippen LogP contribution in [0.15, 0.2) is 103 Å². The Hall–Kier alpha value is -5.90. The number of amides is 1. The number of rotatable bonds is 8. The maximum atomic E-state index is 15.2. The van der Waals surface area contributed by atoms with Gasteiger partial charge in [0.05, 0.1) is 29.8 Å². The minimum atomic E-state index is -0.847. The molecule has 1 atom stereocenters. The van der Waals surface area contributed by atoms with Crippen LogP contribution in [0.2, 0.25) is 0 Å². The number of hydrogen-bond acceptors (Lipinski definition) is 7. The third kappa shape index (κ3) is 5.73. The summed E-state index contributed by atoms with van der Waals surface area (Å²) in [5.74, 6) is -1.85. The summed E-state index contributed by atoms with van der Waals surface area (Å²) in [5.41, 5.74) is 11.6. The van der Waals surface area contributed by atoms with Crippen molar-refractivity contribution < 1.29 is 18.7 Å². The third-order valence-electron chi connectivity index (χ3n) is 7.60. The number of pyridine rings is 2. The van der Waals surface area contributed by atoms with E-state index in [4.69, 9.17) is 20.4 Å². The molecule has 224 valence electrons. The molecule has 0 spiro atoms. The number of imidazole rings is 1. The van der Waals surface area contributed by atoms with E-state index < -0.39 is 23.6 Å². The zero-order valence-electron chi connectivity index (χ0n) is 24.6. The van der Waals surface area contributed by atoms with Gasteiger partial charge in [-0.05, 0) is 55.0 Å². The Labute approximate surface area is 258 Å². The lowest BCUT2D eigenvalue weighted by molar-refractivity contribution is -0.142. The fraction of sp³-hybridized carbons (Fsp3) is 0.114. The maximum Gasteiger partial charge on any atom is 0.312 e. The fourth-order valence-corrected chi connectivity index (χ4v) is 5.16. The zero-order valence-corrected chi connectivity index (χ0v) is 24.6. The van der Waals surface area contributed by atoms with Crippen molar-refractivity contribution in [2.24, 2.45) is 0 Å². The number of fused-ring (bicyclic) bond motifs is 1. The van der Waals surface area contributed by atoms with Crippen LogP contribution in [-0.2, 0) is 16.1 Å². The number of esters is 1. The second-order valence-corrected chi connectivity index (χ2v) is 10.4. The smallest absolute Gasteiger partial charge is 0.312 e. The van der Waals surface area contributed by atoms with Crippen molar-refractivity contribution in [1.29, 1.82) is 0 Å². The molecule has 0 aliphatic heterocycles. The van der Waals surface area contributed by atoms with Gasteiger partial charge in [-0.3, -0.25) is 14.2 Å². The Bertz CT molecular complexity index is 2030. The summed E-state index contributed by atoms with van der Waals surface area (Å²) in [6, 6.07) is 29.3. The van der Waals surface area contributed by atoms with Crippen LogP contribution in [0.1, 0.15) is 34.3 Å². The molecule has 9 nitrogen and oxygen atoms in total. The number of nitrogens with two attached hydrogens (primary N) is 1. The lowest BCUT2D eigenvalue weighted by Crippen LogP contribution is -2.25. The van der Waals surface area contributed by atoms with Crippen LogP contribution < -0.4 is 11.1 Å². The van der Waals surface area contributed by atoms with Crippen LogP contribution in [0.4, 0.5) is 10.2 Å². The van der Waals surface area contributed by atoms with Crippen molar-refractivity contribution in [3.8, 4) is 28.3 Å². The highest BCUT2D eigenvalue weighted by atomic mass is 19.1. The summed E-state index contributed by atoms with van der Waals surface area (Å²) in [6.45, 7) is 1.68. The van der Waals surface area contributed by atoms with Gasteiger partial charge in [0.25, 0.3) is 5.91 Å². The summed E-state index contributed by atoms with van der Waals surface area (Å²) in [5, 5.41) is 2.77. The van der Waals surface area contributed by atoms with Crippen molar-refractivity contribution in [3.05, 3.63) is 126 Å². The number of carbonyl (C=O) groups excluding carboxylic acids is 2. The molecule has 1 unspecified atom stereocenters. The molecule has 3 aromatic heterocycles. The first-order valence-electron chi connectivity index (χ1n) is 14.2. The molecule has 3 N–H and O–H groups in total. The summed E-state index contributed by atoms with van der Waals surface area (Å²) >= 11 is 0. The van der Waals surface area contributed by atoms with Gasteiger partial charge in [0.2, 0.25) is 0 Å². The lowest BCUT2D eigenvalue weighted by Gasteiger charge is -2.14.